The minimum absolute atomic E-state index is 0.123. The predicted octanol–water partition coefficient (Wildman–Crippen LogP) is 0.964. The van der Waals surface area contributed by atoms with Gasteiger partial charge in [-0.1, -0.05) is 11.6 Å². The number of amides is 1. The zero-order valence-corrected chi connectivity index (χ0v) is 8.26. The van der Waals surface area contributed by atoms with Gasteiger partial charge >= 0.3 is 0 Å². The number of hydroxylamine groups is 2. The molecule has 0 unspecified atom stereocenters. The predicted molar refractivity (Wildman–Crippen MR) is 49.6 cm³/mol. The van der Waals surface area contributed by atoms with Crippen molar-refractivity contribution in [2.24, 2.45) is 0 Å². The van der Waals surface area contributed by atoms with Crippen molar-refractivity contribution >= 4 is 17.5 Å². The third-order valence-electron chi connectivity index (χ3n) is 1.69. The lowest BCUT2D eigenvalue weighted by atomic mass is 10.1. The molecule has 0 aromatic rings. The van der Waals surface area contributed by atoms with Gasteiger partial charge in [0.05, 0.1) is 7.11 Å². The summed E-state index contributed by atoms with van der Waals surface area (Å²) in [7, 11) is 3.07. The van der Waals surface area contributed by atoms with Crippen molar-refractivity contribution in [1.29, 1.82) is 0 Å². The van der Waals surface area contributed by atoms with E-state index in [0.717, 1.165) is 0 Å². The van der Waals surface area contributed by atoms with Gasteiger partial charge in [0.25, 0.3) is 0 Å². The number of carbonyl (C=O) groups is 1. The zero-order chi connectivity index (χ0) is 9.84. The summed E-state index contributed by atoms with van der Waals surface area (Å²) in [6, 6.07) is 0. The van der Waals surface area contributed by atoms with Gasteiger partial charge < -0.3 is 5.32 Å². The van der Waals surface area contributed by atoms with E-state index in [2.05, 4.69) is 5.32 Å². The van der Waals surface area contributed by atoms with E-state index >= 15 is 0 Å². The standard InChI is InChI=1S/C8H11ClN2O2/c1-10-8(12)6-3-4-7(9)11(5-6)13-2/h4-5H,3H2,1-2H3,(H,10,12). The number of allylic oxidation sites excluding steroid dienone is 1. The van der Waals surface area contributed by atoms with Crippen LogP contribution >= 0.6 is 11.6 Å². The second kappa shape index (κ2) is 4.30. The Morgan fingerprint density at radius 3 is 3.00 bits per heavy atom. The van der Waals surface area contributed by atoms with Crippen LogP contribution in [0.25, 0.3) is 0 Å². The number of rotatable bonds is 2. The molecule has 0 spiro atoms. The molecule has 0 fully saturated rings. The normalized spacial score (nSPS) is 16.4. The topological polar surface area (TPSA) is 41.6 Å². The summed E-state index contributed by atoms with van der Waals surface area (Å²) in [5.41, 5.74) is 0.619. The molecule has 1 aliphatic rings. The van der Waals surface area contributed by atoms with Crippen LogP contribution in [0.1, 0.15) is 6.42 Å². The number of halogens is 1. The number of hydrogen-bond donors (Lipinski definition) is 1. The van der Waals surface area contributed by atoms with E-state index in [-0.39, 0.29) is 5.91 Å². The summed E-state index contributed by atoms with van der Waals surface area (Å²) >= 11 is 5.78. The fraction of sp³-hybridized carbons (Fsp3) is 0.375. The van der Waals surface area contributed by atoms with Crippen molar-refractivity contribution in [1.82, 2.24) is 10.4 Å². The van der Waals surface area contributed by atoms with Crippen LogP contribution in [-0.4, -0.2) is 25.1 Å². The number of likely N-dealkylation sites (N-methyl/N-ethyl adjacent to an activating group) is 1. The average Bonchev–Trinajstić information content (AvgIpc) is 2.17. The summed E-state index contributed by atoms with van der Waals surface area (Å²) in [4.78, 5) is 16.1. The molecule has 1 heterocycles. The summed E-state index contributed by atoms with van der Waals surface area (Å²) < 4.78 is 0. The minimum atomic E-state index is -0.123. The molecule has 0 radical (unpaired) electrons. The molecular formula is C8H11ClN2O2. The van der Waals surface area contributed by atoms with Crippen LogP contribution in [0.5, 0.6) is 0 Å². The number of nitrogens with one attached hydrogen (secondary N) is 1. The first kappa shape index (κ1) is 10.1. The number of carbonyl (C=O) groups excluding carboxylic acids is 1. The van der Waals surface area contributed by atoms with Gasteiger partial charge in [-0.15, -0.1) is 0 Å². The molecule has 0 atom stereocenters. The summed E-state index contributed by atoms with van der Waals surface area (Å²) in [6.45, 7) is 0. The SMILES string of the molecule is CNC(=O)C1=CN(OC)C(Cl)=CC1. The number of hydrogen-bond acceptors (Lipinski definition) is 3. The third kappa shape index (κ3) is 2.23. The van der Waals surface area contributed by atoms with Crippen molar-refractivity contribution in [2.45, 2.75) is 6.42 Å². The lowest BCUT2D eigenvalue weighted by Gasteiger charge is -2.21. The lowest BCUT2D eigenvalue weighted by Crippen LogP contribution is -2.25. The molecule has 5 heteroatoms. The Kier molecular flexibility index (Phi) is 3.33. The molecule has 0 aromatic carbocycles. The van der Waals surface area contributed by atoms with E-state index in [9.17, 15) is 4.79 Å². The Balaban J connectivity index is 2.76. The van der Waals surface area contributed by atoms with Crippen molar-refractivity contribution in [2.75, 3.05) is 14.2 Å². The largest absolute Gasteiger partial charge is 0.355 e. The first-order valence-corrected chi connectivity index (χ1v) is 4.18. The van der Waals surface area contributed by atoms with Gasteiger partial charge in [0, 0.05) is 25.2 Å². The first-order valence-electron chi connectivity index (χ1n) is 3.80. The lowest BCUT2D eigenvalue weighted by molar-refractivity contribution is -0.117. The van der Waals surface area contributed by atoms with Gasteiger partial charge in [-0.3, -0.25) is 9.63 Å². The molecule has 1 amide bonds. The van der Waals surface area contributed by atoms with E-state index in [1.54, 1.807) is 19.3 Å². The fourth-order valence-corrected chi connectivity index (χ4v) is 1.19. The molecule has 0 saturated carbocycles. The molecule has 0 saturated heterocycles. The van der Waals surface area contributed by atoms with E-state index < -0.39 is 0 Å². The third-order valence-corrected chi connectivity index (χ3v) is 2.01. The van der Waals surface area contributed by atoms with Gasteiger partial charge in [-0.05, 0) is 6.08 Å². The van der Waals surface area contributed by atoms with E-state index in [0.29, 0.717) is 17.2 Å². The maximum atomic E-state index is 11.2. The average molecular weight is 203 g/mol. The van der Waals surface area contributed by atoms with Crippen molar-refractivity contribution < 1.29 is 9.63 Å². The maximum Gasteiger partial charge on any atom is 0.248 e. The Morgan fingerprint density at radius 2 is 2.46 bits per heavy atom. The van der Waals surface area contributed by atoms with E-state index in [4.69, 9.17) is 16.4 Å². The summed E-state index contributed by atoms with van der Waals surface area (Å²) in [5.74, 6) is -0.123. The van der Waals surface area contributed by atoms with Crippen LogP contribution in [-0.2, 0) is 9.63 Å². The molecule has 1 rings (SSSR count). The smallest absolute Gasteiger partial charge is 0.248 e. The van der Waals surface area contributed by atoms with Crippen molar-refractivity contribution in [3.05, 3.63) is 23.0 Å². The monoisotopic (exact) mass is 202 g/mol. The molecule has 13 heavy (non-hydrogen) atoms. The second-order valence-electron chi connectivity index (χ2n) is 2.47. The van der Waals surface area contributed by atoms with Crippen LogP contribution in [0.15, 0.2) is 23.0 Å². The van der Waals surface area contributed by atoms with Gasteiger partial charge in [0.2, 0.25) is 5.91 Å². The van der Waals surface area contributed by atoms with Crippen LogP contribution in [0, 0.1) is 0 Å². The van der Waals surface area contributed by atoms with E-state index in [1.807, 2.05) is 0 Å². The summed E-state index contributed by atoms with van der Waals surface area (Å²) in [6.07, 6.45) is 3.81. The molecule has 4 nitrogen and oxygen atoms in total. The molecule has 0 aromatic heterocycles. The quantitative estimate of drug-likeness (QED) is 0.679. The Bertz CT molecular complexity index is 273. The zero-order valence-electron chi connectivity index (χ0n) is 7.50. The molecule has 0 aliphatic carbocycles. The van der Waals surface area contributed by atoms with Gasteiger partial charge in [-0.2, -0.15) is 0 Å². The van der Waals surface area contributed by atoms with Crippen molar-refractivity contribution in [3.8, 4) is 0 Å². The molecule has 72 valence electrons. The molecule has 0 bridgehead atoms. The highest BCUT2D eigenvalue weighted by atomic mass is 35.5. The highest BCUT2D eigenvalue weighted by Crippen LogP contribution is 2.20. The molecular weight excluding hydrogens is 192 g/mol. The van der Waals surface area contributed by atoms with Crippen LogP contribution in [0.4, 0.5) is 0 Å². The van der Waals surface area contributed by atoms with Crippen molar-refractivity contribution in [3.63, 3.8) is 0 Å². The minimum Gasteiger partial charge on any atom is -0.355 e. The fourth-order valence-electron chi connectivity index (χ4n) is 0.992. The summed E-state index contributed by atoms with van der Waals surface area (Å²) in [5, 5.41) is 4.34. The maximum absolute atomic E-state index is 11.2. The van der Waals surface area contributed by atoms with Crippen LogP contribution < -0.4 is 5.32 Å². The first-order chi connectivity index (χ1) is 6.19. The van der Waals surface area contributed by atoms with Gasteiger partial charge in [-0.25, -0.2) is 5.06 Å². The second-order valence-corrected chi connectivity index (χ2v) is 2.86. The van der Waals surface area contributed by atoms with E-state index in [1.165, 1.54) is 12.2 Å². The number of nitrogens with zero attached hydrogens (tertiary/aromatic N) is 1. The Morgan fingerprint density at radius 1 is 1.77 bits per heavy atom. The van der Waals surface area contributed by atoms with Crippen LogP contribution in [0.2, 0.25) is 0 Å². The molecule has 1 aliphatic heterocycles. The highest BCUT2D eigenvalue weighted by Gasteiger charge is 2.15. The Labute approximate surface area is 81.8 Å². The highest BCUT2D eigenvalue weighted by molar-refractivity contribution is 6.29. The molecule has 1 N–H and O–H groups in total. The van der Waals surface area contributed by atoms with Gasteiger partial charge in [0.1, 0.15) is 5.16 Å². The van der Waals surface area contributed by atoms with Gasteiger partial charge in [0.15, 0.2) is 0 Å². The van der Waals surface area contributed by atoms with Crippen LogP contribution in [0.3, 0.4) is 0 Å². The Hall–Kier alpha value is -1.00.